The maximum absolute atomic E-state index is 12.7. The molecule has 1 atom stereocenters. The van der Waals surface area contributed by atoms with Crippen LogP contribution in [0.15, 0.2) is 0 Å². The van der Waals surface area contributed by atoms with E-state index in [2.05, 4.69) is 5.32 Å². The van der Waals surface area contributed by atoms with E-state index in [1.165, 1.54) is 0 Å². The number of piperidine rings is 1. The predicted octanol–water partition coefficient (Wildman–Crippen LogP) is 1.33. The standard InChI is InChI=1S/C9H18F2N2/c1-9(10,11)7-13(2)8-4-3-5-12-6-8/h8,12H,3-7H2,1-2H3. The molecule has 1 rings (SSSR count). The van der Waals surface area contributed by atoms with Gasteiger partial charge in [0, 0.05) is 19.5 Å². The number of nitrogens with one attached hydrogen (secondary N) is 1. The highest BCUT2D eigenvalue weighted by Crippen LogP contribution is 2.16. The van der Waals surface area contributed by atoms with Gasteiger partial charge in [-0.1, -0.05) is 0 Å². The molecule has 0 saturated carbocycles. The van der Waals surface area contributed by atoms with Crippen molar-refractivity contribution in [1.82, 2.24) is 10.2 Å². The zero-order valence-electron chi connectivity index (χ0n) is 8.32. The van der Waals surface area contributed by atoms with E-state index in [4.69, 9.17) is 0 Å². The summed E-state index contributed by atoms with van der Waals surface area (Å²) in [6.07, 6.45) is 2.11. The van der Waals surface area contributed by atoms with Crippen LogP contribution in [0.4, 0.5) is 8.78 Å². The summed E-state index contributed by atoms with van der Waals surface area (Å²) in [5.41, 5.74) is 0. The van der Waals surface area contributed by atoms with E-state index in [1.54, 1.807) is 11.9 Å². The smallest absolute Gasteiger partial charge is 0.257 e. The molecule has 1 aliphatic rings. The van der Waals surface area contributed by atoms with E-state index >= 15 is 0 Å². The summed E-state index contributed by atoms with van der Waals surface area (Å²) in [5.74, 6) is -2.58. The fourth-order valence-corrected chi connectivity index (χ4v) is 1.78. The van der Waals surface area contributed by atoms with Crippen molar-refractivity contribution in [2.75, 3.05) is 26.7 Å². The van der Waals surface area contributed by atoms with Gasteiger partial charge in [0.2, 0.25) is 0 Å². The molecule has 1 aliphatic heterocycles. The largest absolute Gasteiger partial charge is 0.315 e. The molecule has 1 fully saturated rings. The van der Waals surface area contributed by atoms with E-state index in [-0.39, 0.29) is 12.6 Å². The highest BCUT2D eigenvalue weighted by atomic mass is 19.3. The van der Waals surface area contributed by atoms with Crippen LogP contribution in [0, 0.1) is 0 Å². The average molecular weight is 192 g/mol. The van der Waals surface area contributed by atoms with Crippen molar-refractivity contribution >= 4 is 0 Å². The molecule has 0 aromatic carbocycles. The van der Waals surface area contributed by atoms with Crippen LogP contribution in [0.1, 0.15) is 19.8 Å². The van der Waals surface area contributed by atoms with Gasteiger partial charge in [-0.25, -0.2) is 8.78 Å². The third kappa shape index (κ3) is 4.00. The zero-order chi connectivity index (χ0) is 9.90. The Morgan fingerprint density at radius 3 is 2.69 bits per heavy atom. The third-order valence-corrected chi connectivity index (χ3v) is 2.42. The quantitative estimate of drug-likeness (QED) is 0.725. The van der Waals surface area contributed by atoms with Crippen LogP contribution in [0.2, 0.25) is 0 Å². The molecule has 1 heterocycles. The second-order valence-electron chi connectivity index (χ2n) is 3.99. The lowest BCUT2D eigenvalue weighted by Gasteiger charge is -2.33. The topological polar surface area (TPSA) is 15.3 Å². The Bertz CT molecular complexity index is 150. The van der Waals surface area contributed by atoms with Gasteiger partial charge >= 0.3 is 0 Å². The van der Waals surface area contributed by atoms with E-state index in [1.807, 2.05) is 0 Å². The Morgan fingerprint density at radius 2 is 2.23 bits per heavy atom. The van der Waals surface area contributed by atoms with Crippen LogP contribution >= 0.6 is 0 Å². The SMILES string of the molecule is CN(CC(C)(F)F)C1CCCNC1. The van der Waals surface area contributed by atoms with Gasteiger partial charge in [-0.05, 0) is 26.4 Å². The van der Waals surface area contributed by atoms with E-state index in [9.17, 15) is 8.78 Å². The summed E-state index contributed by atoms with van der Waals surface area (Å²) in [6, 6.07) is 0.277. The minimum absolute atomic E-state index is 0.140. The van der Waals surface area contributed by atoms with Crippen LogP contribution in [0.3, 0.4) is 0 Å². The molecule has 0 radical (unpaired) electrons. The lowest BCUT2D eigenvalue weighted by Crippen LogP contribution is -2.47. The van der Waals surface area contributed by atoms with Gasteiger partial charge in [0.1, 0.15) is 0 Å². The van der Waals surface area contributed by atoms with Crippen molar-refractivity contribution in [2.45, 2.75) is 31.7 Å². The summed E-state index contributed by atoms with van der Waals surface area (Å²) >= 11 is 0. The first kappa shape index (κ1) is 10.9. The van der Waals surface area contributed by atoms with Gasteiger partial charge in [0.05, 0.1) is 6.54 Å². The highest BCUT2D eigenvalue weighted by Gasteiger charge is 2.27. The number of hydrogen-bond acceptors (Lipinski definition) is 2. The molecule has 13 heavy (non-hydrogen) atoms. The molecule has 1 unspecified atom stereocenters. The number of alkyl halides is 2. The van der Waals surface area contributed by atoms with Crippen molar-refractivity contribution in [2.24, 2.45) is 0 Å². The molecular weight excluding hydrogens is 174 g/mol. The Hall–Kier alpha value is -0.220. The normalized spacial score (nSPS) is 25.2. The van der Waals surface area contributed by atoms with Gasteiger partial charge < -0.3 is 5.32 Å². The fraction of sp³-hybridized carbons (Fsp3) is 1.00. The van der Waals surface area contributed by atoms with E-state index in [0.29, 0.717) is 0 Å². The van der Waals surface area contributed by atoms with Crippen molar-refractivity contribution < 1.29 is 8.78 Å². The van der Waals surface area contributed by atoms with Crippen LogP contribution in [-0.4, -0.2) is 43.5 Å². The van der Waals surface area contributed by atoms with Crippen LogP contribution in [-0.2, 0) is 0 Å². The van der Waals surface area contributed by atoms with Gasteiger partial charge in [0.15, 0.2) is 0 Å². The second kappa shape index (κ2) is 4.33. The van der Waals surface area contributed by atoms with E-state index in [0.717, 1.165) is 32.9 Å². The molecule has 2 nitrogen and oxygen atoms in total. The molecular formula is C9H18F2N2. The zero-order valence-corrected chi connectivity index (χ0v) is 8.32. The first-order valence-electron chi connectivity index (χ1n) is 4.78. The molecule has 0 spiro atoms. The molecule has 78 valence electrons. The summed E-state index contributed by atoms with van der Waals surface area (Å²) in [4.78, 5) is 1.76. The van der Waals surface area contributed by atoms with E-state index < -0.39 is 5.92 Å². The molecule has 0 amide bonds. The number of rotatable bonds is 3. The molecule has 1 saturated heterocycles. The Labute approximate surface area is 78.3 Å². The first-order valence-corrected chi connectivity index (χ1v) is 4.78. The Balaban J connectivity index is 2.33. The number of nitrogens with zero attached hydrogens (tertiary/aromatic N) is 1. The Morgan fingerprint density at radius 1 is 1.54 bits per heavy atom. The number of halogens is 2. The van der Waals surface area contributed by atoms with Crippen LogP contribution < -0.4 is 5.32 Å². The predicted molar refractivity (Wildman–Crippen MR) is 49.1 cm³/mol. The lowest BCUT2D eigenvalue weighted by atomic mass is 10.1. The van der Waals surface area contributed by atoms with Crippen LogP contribution in [0.5, 0.6) is 0 Å². The second-order valence-corrected chi connectivity index (χ2v) is 3.99. The molecule has 1 N–H and O–H groups in total. The summed E-state index contributed by atoms with van der Waals surface area (Å²) < 4.78 is 25.3. The minimum Gasteiger partial charge on any atom is -0.315 e. The van der Waals surface area contributed by atoms with Gasteiger partial charge in [0.25, 0.3) is 5.92 Å². The van der Waals surface area contributed by atoms with Crippen molar-refractivity contribution in [3.05, 3.63) is 0 Å². The van der Waals surface area contributed by atoms with Crippen LogP contribution in [0.25, 0.3) is 0 Å². The van der Waals surface area contributed by atoms with Gasteiger partial charge in [-0.3, -0.25) is 4.90 Å². The fourth-order valence-electron chi connectivity index (χ4n) is 1.78. The molecule has 0 aliphatic carbocycles. The summed E-state index contributed by atoms with van der Waals surface area (Å²) in [5, 5.41) is 3.21. The van der Waals surface area contributed by atoms with Gasteiger partial charge in [-0.2, -0.15) is 0 Å². The molecule has 0 bridgehead atoms. The maximum Gasteiger partial charge on any atom is 0.257 e. The third-order valence-electron chi connectivity index (χ3n) is 2.42. The first-order chi connectivity index (χ1) is 5.99. The van der Waals surface area contributed by atoms with Crippen molar-refractivity contribution in [1.29, 1.82) is 0 Å². The number of hydrogen-bond donors (Lipinski definition) is 1. The summed E-state index contributed by atoms with van der Waals surface area (Å²) in [7, 11) is 1.77. The monoisotopic (exact) mass is 192 g/mol. The Kier molecular flexibility index (Phi) is 3.62. The highest BCUT2D eigenvalue weighted by molar-refractivity contribution is 4.78. The summed E-state index contributed by atoms with van der Waals surface area (Å²) in [6.45, 7) is 2.69. The number of likely N-dealkylation sites (N-methyl/N-ethyl adjacent to an activating group) is 1. The van der Waals surface area contributed by atoms with Crippen molar-refractivity contribution in [3.63, 3.8) is 0 Å². The lowest BCUT2D eigenvalue weighted by molar-refractivity contribution is -0.0202. The van der Waals surface area contributed by atoms with Gasteiger partial charge in [-0.15, -0.1) is 0 Å². The molecule has 0 aromatic rings. The molecule has 0 aromatic heterocycles. The molecule has 4 heteroatoms. The average Bonchev–Trinajstić information content (AvgIpc) is 2.03. The minimum atomic E-state index is -2.58. The maximum atomic E-state index is 12.7. The van der Waals surface area contributed by atoms with Crippen molar-refractivity contribution in [3.8, 4) is 0 Å².